The molecule has 4 aliphatic heterocycles. The van der Waals surface area contributed by atoms with Crippen molar-refractivity contribution in [3.05, 3.63) is 41.2 Å². The van der Waals surface area contributed by atoms with Crippen LogP contribution in [0.4, 0.5) is 0 Å². The molecule has 312 valence electrons. The van der Waals surface area contributed by atoms with Crippen LogP contribution in [0.25, 0.3) is 6.08 Å². The number of aromatic hydroxyl groups is 2. The number of aliphatic hydroxyl groups is 10. The lowest BCUT2D eigenvalue weighted by atomic mass is 9.98. The summed E-state index contributed by atoms with van der Waals surface area (Å²) in [6, 6.07) is 5.04. The third-order valence-electron chi connectivity index (χ3n) is 9.93. The van der Waals surface area contributed by atoms with Crippen molar-refractivity contribution in [2.45, 2.75) is 105 Å². The summed E-state index contributed by atoms with van der Waals surface area (Å²) < 4.78 is 51.2. The average molecular weight is 803 g/mol. The highest BCUT2D eigenvalue weighted by molar-refractivity contribution is 5.70. The number of hydrogen-bond acceptors (Lipinski definition) is 21. The Morgan fingerprint density at radius 1 is 0.607 bits per heavy atom. The molecule has 3 saturated heterocycles. The van der Waals surface area contributed by atoms with Crippen LogP contribution in [-0.4, -0.2) is 181 Å². The molecule has 0 radical (unpaired) electrons. The van der Waals surface area contributed by atoms with Crippen molar-refractivity contribution in [1.82, 2.24) is 0 Å². The molecule has 2 aromatic rings. The van der Waals surface area contributed by atoms with E-state index in [1.807, 2.05) is 0 Å². The number of phenolic OH excluding ortho intramolecular Hbond substituents is 2. The van der Waals surface area contributed by atoms with Crippen molar-refractivity contribution in [3.8, 4) is 34.5 Å². The van der Waals surface area contributed by atoms with E-state index in [0.29, 0.717) is 0 Å². The number of benzene rings is 2. The molecule has 0 spiro atoms. The van der Waals surface area contributed by atoms with Gasteiger partial charge in [-0.05, 0) is 25.1 Å². The van der Waals surface area contributed by atoms with Gasteiger partial charge in [-0.3, -0.25) is 0 Å². The van der Waals surface area contributed by atoms with Crippen LogP contribution in [-0.2, 0) is 23.7 Å². The van der Waals surface area contributed by atoms with Gasteiger partial charge >= 0.3 is 0 Å². The van der Waals surface area contributed by atoms with Crippen LogP contribution in [0.5, 0.6) is 34.5 Å². The zero-order valence-corrected chi connectivity index (χ0v) is 30.1. The van der Waals surface area contributed by atoms with Gasteiger partial charge in [0.2, 0.25) is 18.3 Å². The van der Waals surface area contributed by atoms with E-state index in [4.69, 9.17) is 42.6 Å². The Morgan fingerprint density at radius 3 is 1.77 bits per heavy atom. The number of aliphatic hydroxyl groups excluding tert-OH is 10. The van der Waals surface area contributed by atoms with Gasteiger partial charge in [0.25, 0.3) is 0 Å². The van der Waals surface area contributed by atoms with Crippen LogP contribution in [0, 0.1) is 0 Å². The SMILES string of the molecule is COc1cc(C2Oc3cc(O)cc(O[C@@H]4O[C@H](CO)[C@@H](O)[C@H](O)[C@@H]4O)c3C=C2O[C@@H]2O[C@H](CO[C@@H]3O[C@@H](C)[C@H](O)[C@H](O)[C@@H]3O)[C@@H](O)[C@H](O)[C@H]2O)cc(OC)c1O. The zero-order valence-electron chi connectivity index (χ0n) is 30.1. The second-order valence-corrected chi connectivity index (χ2v) is 13.6. The van der Waals surface area contributed by atoms with Gasteiger partial charge in [0.1, 0.15) is 90.2 Å². The van der Waals surface area contributed by atoms with Crippen LogP contribution in [0.2, 0.25) is 0 Å². The van der Waals surface area contributed by atoms with Crippen molar-refractivity contribution in [2.75, 3.05) is 27.4 Å². The van der Waals surface area contributed by atoms with Crippen LogP contribution in [0.15, 0.2) is 30.0 Å². The van der Waals surface area contributed by atoms with Crippen molar-refractivity contribution < 1.29 is 104 Å². The summed E-state index contributed by atoms with van der Waals surface area (Å²) >= 11 is 0. The number of phenols is 2. The first-order valence-corrected chi connectivity index (χ1v) is 17.4. The van der Waals surface area contributed by atoms with Gasteiger partial charge in [0.15, 0.2) is 23.9 Å². The second-order valence-electron chi connectivity index (χ2n) is 13.6. The van der Waals surface area contributed by atoms with Crippen LogP contribution >= 0.6 is 0 Å². The standard InChI is InChI=1S/C35H46O21/c1-11-22(38)26(42)29(45)33(51-11)50-10-21-25(41)28(44)31(47)35(56-21)54-19-8-14-15(52-32(19)12-4-17(48-2)23(39)18(5-12)49-3)6-13(37)7-16(14)53-34-30(46)27(43)24(40)20(9-36)55-34/h4-8,11,20-22,24-47H,9-10H2,1-3H3/t11-,20+,21+,22-,24+,25+,26-,27-,28-,29-,30-,31+,32?,33+,34+,35+/m0/s1. The molecule has 6 rings (SSSR count). The van der Waals surface area contributed by atoms with Gasteiger partial charge < -0.3 is 104 Å². The Balaban J connectivity index is 1.35. The molecule has 0 amide bonds. The second kappa shape index (κ2) is 17.0. The van der Waals surface area contributed by atoms with E-state index in [2.05, 4.69) is 0 Å². The third-order valence-corrected chi connectivity index (χ3v) is 9.93. The molecule has 21 nitrogen and oxygen atoms in total. The largest absolute Gasteiger partial charge is 0.508 e. The lowest BCUT2D eigenvalue weighted by molar-refractivity contribution is -0.324. The maximum absolute atomic E-state index is 11.1. The molecule has 2 aromatic carbocycles. The Labute approximate surface area is 318 Å². The van der Waals surface area contributed by atoms with E-state index in [0.717, 1.165) is 6.07 Å². The fraction of sp³-hybridized carbons (Fsp3) is 0.600. The van der Waals surface area contributed by atoms with Crippen LogP contribution < -0.4 is 18.9 Å². The number of fused-ring (bicyclic) bond motifs is 1. The molecule has 56 heavy (non-hydrogen) atoms. The number of rotatable bonds is 11. The van der Waals surface area contributed by atoms with Gasteiger partial charge in [0, 0.05) is 17.7 Å². The van der Waals surface area contributed by atoms with Gasteiger partial charge in [-0.2, -0.15) is 0 Å². The summed E-state index contributed by atoms with van der Waals surface area (Å²) in [5, 5.41) is 125. The Morgan fingerprint density at radius 2 is 1.16 bits per heavy atom. The molecule has 16 atom stereocenters. The van der Waals surface area contributed by atoms with Crippen LogP contribution in [0.3, 0.4) is 0 Å². The summed E-state index contributed by atoms with van der Waals surface area (Å²) in [5.41, 5.74) is 0.227. The topological polar surface area (TPSA) is 326 Å². The molecule has 4 aliphatic rings. The van der Waals surface area contributed by atoms with Gasteiger partial charge in [-0.1, -0.05) is 0 Å². The lowest BCUT2D eigenvalue weighted by Crippen LogP contribution is -2.61. The van der Waals surface area contributed by atoms with E-state index >= 15 is 0 Å². The minimum atomic E-state index is -1.92. The molecule has 0 bridgehead atoms. The lowest BCUT2D eigenvalue weighted by Gasteiger charge is -2.43. The summed E-state index contributed by atoms with van der Waals surface area (Å²) in [5.74, 6) is -1.37. The van der Waals surface area contributed by atoms with Gasteiger partial charge in [-0.15, -0.1) is 0 Å². The third kappa shape index (κ3) is 8.01. The normalized spacial score (nSPS) is 38.5. The number of hydrogen-bond donors (Lipinski definition) is 12. The monoisotopic (exact) mass is 802 g/mol. The Kier molecular flexibility index (Phi) is 12.7. The molecular formula is C35H46O21. The first-order chi connectivity index (χ1) is 26.6. The predicted molar refractivity (Wildman–Crippen MR) is 181 cm³/mol. The van der Waals surface area contributed by atoms with E-state index in [-0.39, 0.29) is 45.6 Å². The number of ether oxygens (including phenoxy) is 9. The quantitative estimate of drug-likeness (QED) is 0.105. The van der Waals surface area contributed by atoms with Crippen molar-refractivity contribution in [1.29, 1.82) is 0 Å². The van der Waals surface area contributed by atoms with E-state index < -0.39 is 117 Å². The molecule has 0 saturated carbocycles. The first-order valence-electron chi connectivity index (χ1n) is 17.4. The Hall–Kier alpha value is -3.78. The highest BCUT2D eigenvalue weighted by Crippen LogP contribution is 2.48. The Bertz CT molecular complexity index is 1680. The van der Waals surface area contributed by atoms with Gasteiger partial charge in [0.05, 0.1) is 39.1 Å². The molecule has 3 fully saturated rings. The molecule has 0 aliphatic carbocycles. The average Bonchev–Trinajstić information content (AvgIpc) is 3.18. The summed E-state index contributed by atoms with van der Waals surface area (Å²) in [6.07, 6.45) is -24.4. The first kappa shape index (κ1) is 41.8. The fourth-order valence-electron chi connectivity index (χ4n) is 6.64. The fourth-order valence-corrected chi connectivity index (χ4v) is 6.64. The zero-order chi connectivity index (χ0) is 40.7. The predicted octanol–water partition coefficient (Wildman–Crippen LogP) is -3.56. The van der Waals surface area contributed by atoms with Crippen LogP contribution in [0.1, 0.15) is 24.2 Å². The molecule has 1 unspecified atom stereocenters. The highest BCUT2D eigenvalue weighted by Gasteiger charge is 2.49. The van der Waals surface area contributed by atoms with Crippen molar-refractivity contribution >= 4 is 6.08 Å². The molecule has 4 heterocycles. The maximum atomic E-state index is 11.1. The molecule has 12 N–H and O–H groups in total. The smallest absolute Gasteiger partial charge is 0.229 e. The minimum absolute atomic E-state index is 0.0211. The van der Waals surface area contributed by atoms with E-state index in [9.17, 15) is 61.3 Å². The van der Waals surface area contributed by atoms with Crippen molar-refractivity contribution in [2.24, 2.45) is 0 Å². The molecule has 0 aromatic heterocycles. The highest BCUT2D eigenvalue weighted by atomic mass is 16.7. The van der Waals surface area contributed by atoms with Crippen molar-refractivity contribution in [3.63, 3.8) is 0 Å². The number of methoxy groups -OCH3 is 2. The van der Waals surface area contributed by atoms with E-state index in [1.54, 1.807) is 0 Å². The summed E-state index contributed by atoms with van der Waals surface area (Å²) in [7, 11) is 2.57. The van der Waals surface area contributed by atoms with Gasteiger partial charge in [-0.25, -0.2) is 0 Å². The van der Waals surface area contributed by atoms with E-state index in [1.165, 1.54) is 45.4 Å². The summed E-state index contributed by atoms with van der Waals surface area (Å²) in [6.45, 7) is 0.0914. The summed E-state index contributed by atoms with van der Waals surface area (Å²) in [4.78, 5) is 0. The molecular weight excluding hydrogens is 756 g/mol. The maximum Gasteiger partial charge on any atom is 0.229 e. The minimum Gasteiger partial charge on any atom is -0.508 e. The molecule has 21 heteroatoms.